The van der Waals surface area contributed by atoms with Crippen molar-refractivity contribution in [3.05, 3.63) is 29.6 Å². The maximum absolute atomic E-state index is 13.4. The van der Waals surface area contributed by atoms with Crippen LogP contribution in [0, 0.1) is 11.7 Å². The number of ether oxygens (including phenoxy) is 1. The van der Waals surface area contributed by atoms with E-state index >= 15 is 0 Å². The average Bonchev–Trinajstić information content (AvgIpc) is 2.28. The second-order valence-electron chi connectivity index (χ2n) is 4.38. The highest BCUT2D eigenvalue weighted by atomic mass is 19.1. The molecular formula is C13H18FNO2. The van der Waals surface area contributed by atoms with E-state index in [9.17, 15) is 9.18 Å². The van der Waals surface area contributed by atoms with E-state index < -0.39 is 11.9 Å². The molecule has 0 heterocycles. The lowest BCUT2D eigenvalue weighted by atomic mass is 9.96. The smallest absolute Gasteiger partial charge is 0.165 e. The van der Waals surface area contributed by atoms with Crippen LogP contribution >= 0.6 is 0 Å². The van der Waals surface area contributed by atoms with Gasteiger partial charge < -0.3 is 10.5 Å². The Hall–Kier alpha value is -1.42. The van der Waals surface area contributed by atoms with Crippen molar-refractivity contribution in [2.75, 3.05) is 7.11 Å². The summed E-state index contributed by atoms with van der Waals surface area (Å²) in [6.07, 6.45) is 0.153. The SMILES string of the molecule is COc1ccc(CC(=O)C(N)C(C)C)cc1F. The second kappa shape index (κ2) is 5.77. The van der Waals surface area contributed by atoms with Crippen LogP contribution < -0.4 is 10.5 Å². The lowest BCUT2D eigenvalue weighted by Gasteiger charge is -2.14. The standard InChI is InChI=1S/C13H18FNO2/c1-8(2)13(15)11(16)7-9-4-5-12(17-3)10(14)6-9/h4-6,8,13H,7,15H2,1-3H3. The Balaban J connectivity index is 2.76. The molecule has 1 aromatic rings. The molecule has 1 rings (SSSR count). The van der Waals surface area contributed by atoms with Gasteiger partial charge in [0.2, 0.25) is 0 Å². The van der Waals surface area contributed by atoms with Gasteiger partial charge in [0.25, 0.3) is 0 Å². The van der Waals surface area contributed by atoms with Crippen molar-refractivity contribution in [3.8, 4) is 5.75 Å². The Kier molecular flexibility index (Phi) is 4.63. The summed E-state index contributed by atoms with van der Waals surface area (Å²) < 4.78 is 18.2. The normalized spacial score (nSPS) is 12.6. The van der Waals surface area contributed by atoms with Crippen LogP contribution in [0.15, 0.2) is 18.2 Å². The molecule has 1 aromatic carbocycles. The van der Waals surface area contributed by atoms with Crippen molar-refractivity contribution >= 4 is 5.78 Å². The zero-order chi connectivity index (χ0) is 13.0. The minimum Gasteiger partial charge on any atom is -0.494 e. The molecule has 0 aliphatic carbocycles. The van der Waals surface area contributed by atoms with Gasteiger partial charge >= 0.3 is 0 Å². The second-order valence-corrected chi connectivity index (χ2v) is 4.38. The summed E-state index contributed by atoms with van der Waals surface area (Å²) in [5.41, 5.74) is 6.35. The Bertz CT molecular complexity index is 404. The van der Waals surface area contributed by atoms with Gasteiger partial charge in [0, 0.05) is 6.42 Å². The molecule has 94 valence electrons. The third-order valence-electron chi connectivity index (χ3n) is 2.68. The number of benzene rings is 1. The topological polar surface area (TPSA) is 52.3 Å². The number of methoxy groups -OCH3 is 1. The van der Waals surface area contributed by atoms with Gasteiger partial charge in [-0.05, 0) is 23.6 Å². The molecule has 0 aliphatic heterocycles. The number of hydrogen-bond acceptors (Lipinski definition) is 3. The molecule has 0 fully saturated rings. The van der Waals surface area contributed by atoms with Gasteiger partial charge in [-0.1, -0.05) is 19.9 Å². The summed E-state index contributed by atoms with van der Waals surface area (Å²) in [5, 5.41) is 0. The number of carbonyl (C=O) groups is 1. The average molecular weight is 239 g/mol. The van der Waals surface area contributed by atoms with Crippen molar-refractivity contribution in [1.82, 2.24) is 0 Å². The molecule has 0 aromatic heterocycles. The van der Waals surface area contributed by atoms with Crippen LogP contribution in [0.3, 0.4) is 0 Å². The summed E-state index contributed by atoms with van der Waals surface area (Å²) in [6, 6.07) is 4.00. The minimum atomic E-state index is -0.500. The van der Waals surface area contributed by atoms with Crippen LogP contribution in [0.1, 0.15) is 19.4 Å². The molecule has 17 heavy (non-hydrogen) atoms. The molecule has 1 unspecified atom stereocenters. The van der Waals surface area contributed by atoms with Gasteiger partial charge in [0.15, 0.2) is 17.3 Å². The highest BCUT2D eigenvalue weighted by molar-refractivity contribution is 5.86. The molecule has 0 spiro atoms. The first kappa shape index (κ1) is 13.6. The lowest BCUT2D eigenvalue weighted by molar-refractivity contribution is -0.120. The molecule has 0 saturated carbocycles. The first-order chi connectivity index (χ1) is 7.95. The highest BCUT2D eigenvalue weighted by Crippen LogP contribution is 2.18. The van der Waals surface area contributed by atoms with Crippen LogP contribution in [0.25, 0.3) is 0 Å². The molecule has 1 atom stereocenters. The van der Waals surface area contributed by atoms with Gasteiger partial charge in [0.1, 0.15) is 0 Å². The number of halogens is 1. The molecule has 4 heteroatoms. The van der Waals surface area contributed by atoms with Gasteiger partial charge in [-0.15, -0.1) is 0 Å². The van der Waals surface area contributed by atoms with E-state index in [-0.39, 0.29) is 23.9 Å². The molecule has 3 nitrogen and oxygen atoms in total. The van der Waals surface area contributed by atoms with Gasteiger partial charge in [-0.3, -0.25) is 4.79 Å². The molecule has 0 radical (unpaired) electrons. The van der Waals surface area contributed by atoms with Crippen molar-refractivity contribution in [1.29, 1.82) is 0 Å². The first-order valence-electron chi connectivity index (χ1n) is 5.56. The summed E-state index contributed by atoms with van der Waals surface area (Å²) in [7, 11) is 1.40. The third-order valence-corrected chi connectivity index (χ3v) is 2.68. The quantitative estimate of drug-likeness (QED) is 0.854. The van der Waals surface area contributed by atoms with Crippen molar-refractivity contribution < 1.29 is 13.9 Å². The molecule has 0 aliphatic rings. The minimum absolute atomic E-state index is 0.0791. The number of Topliss-reactive ketones (excluding diaryl/α,β-unsaturated/α-hetero) is 1. The third kappa shape index (κ3) is 3.53. The van der Waals surface area contributed by atoms with Gasteiger partial charge in [0.05, 0.1) is 13.2 Å². The number of nitrogens with two attached hydrogens (primary N) is 1. The number of hydrogen-bond donors (Lipinski definition) is 1. The van der Waals surface area contributed by atoms with Gasteiger partial charge in [-0.25, -0.2) is 4.39 Å². The van der Waals surface area contributed by atoms with E-state index in [4.69, 9.17) is 10.5 Å². The van der Waals surface area contributed by atoms with E-state index in [2.05, 4.69) is 0 Å². The van der Waals surface area contributed by atoms with E-state index in [1.165, 1.54) is 19.2 Å². The fourth-order valence-electron chi connectivity index (χ4n) is 1.51. The molecular weight excluding hydrogens is 221 g/mol. The monoisotopic (exact) mass is 239 g/mol. The van der Waals surface area contributed by atoms with E-state index in [0.717, 1.165) is 0 Å². The lowest BCUT2D eigenvalue weighted by Crippen LogP contribution is -2.36. The molecule has 2 N–H and O–H groups in total. The van der Waals surface area contributed by atoms with E-state index in [1.54, 1.807) is 6.07 Å². The maximum atomic E-state index is 13.4. The summed E-state index contributed by atoms with van der Waals surface area (Å²) >= 11 is 0. The van der Waals surface area contributed by atoms with Crippen LogP contribution in [0.2, 0.25) is 0 Å². The number of ketones is 1. The van der Waals surface area contributed by atoms with E-state index in [1.807, 2.05) is 13.8 Å². The zero-order valence-corrected chi connectivity index (χ0v) is 10.4. The Labute approximate surface area is 101 Å². The van der Waals surface area contributed by atoms with E-state index in [0.29, 0.717) is 5.56 Å². The highest BCUT2D eigenvalue weighted by Gasteiger charge is 2.17. The Morgan fingerprint density at radius 3 is 2.59 bits per heavy atom. The fraction of sp³-hybridized carbons (Fsp3) is 0.462. The molecule has 0 amide bonds. The van der Waals surface area contributed by atoms with Crippen LogP contribution in [0.5, 0.6) is 5.75 Å². The predicted molar refractivity (Wildman–Crippen MR) is 64.5 cm³/mol. The van der Waals surface area contributed by atoms with Crippen LogP contribution in [-0.4, -0.2) is 18.9 Å². The van der Waals surface area contributed by atoms with Crippen molar-refractivity contribution in [2.24, 2.45) is 11.7 Å². The maximum Gasteiger partial charge on any atom is 0.165 e. The largest absolute Gasteiger partial charge is 0.494 e. The first-order valence-corrected chi connectivity index (χ1v) is 5.56. The predicted octanol–water partition coefficient (Wildman–Crippen LogP) is 1.93. The number of rotatable bonds is 5. The Morgan fingerprint density at radius 1 is 1.47 bits per heavy atom. The van der Waals surface area contributed by atoms with Crippen molar-refractivity contribution in [2.45, 2.75) is 26.3 Å². The number of carbonyl (C=O) groups excluding carboxylic acids is 1. The van der Waals surface area contributed by atoms with Gasteiger partial charge in [-0.2, -0.15) is 0 Å². The van der Waals surface area contributed by atoms with Crippen LogP contribution in [0.4, 0.5) is 4.39 Å². The zero-order valence-electron chi connectivity index (χ0n) is 10.4. The molecule has 0 saturated heterocycles. The molecule has 0 bridgehead atoms. The fourth-order valence-corrected chi connectivity index (χ4v) is 1.51. The summed E-state index contributed by atoms with van der Waals surface area (Å²) in [5.74, 6) is -0.277. The van der Waals surface area contributed by atoms with Crippen molar-refractivity contribution in [3.63, 3.8) is 0 Å². The Morgan fingerprint density at radius 2 is 2.12 bits per heavy atom. The summed E-state index contributed by atoms with van der Waals surface area (Å²) in [4.78, 5) is 11.7. The van der Waals surface area contributed by atoms with Crippen LogP contribution in [-0.2, 0) is 11.2 Å². The summed E-state index contributed by atoms with van der Waals surface area (Å²) in [6.45, 7) is 3.77.